The first-order chi connectivity index (χ1) is 5.31. The minimum Gasteiger partial charge on any atom is -0.302 e. The number of fused-ring (bicyclic) bond motifs is 2. The third kappa shape index (κ3) is 1.18. The van der Waals surface area contributed by atoms with E-state index >= 15 is 0 Å². The second-order valence-electron chi connectivity index (χ2n) is 3.90. The molecule has 0 N–H and O–H groups in total. The Morgan fingerprint density at radius 3 is 2.82 bits per heavy atom. The Kier molecular flexibility index (Phi) is 1.90. The number of rotatable bonds is 1. The molecule has 11 heavy (non-hydrogen) atoms. The first-order valence-electron chi connectivity index (χ1n) is 4.75. The molecule has 0 spiro atoms. The molecule has 64 valence electrons. The summed E-state index contributed by atoms with van der Waals surface area (Å²) in [5.74, 6) is 0. The van der Waals surface area contributed by atoms with Gasteiger partial charge in [0.1, 0.15) is 0 Å². The Morgan fingerprint density at radius 1 is 1.36 bits per heavy atom. The van der Waals surface area contributed by atoms with Crippen LogP contribution < -0.4 is 0 Å². The van der Waals surface area contributed by atoms with E-state index in [2.05, 4.69) is 23.8 Å². The van der Waals surface area contributed by atoms with Gasteiger partial charge in [-0.15, -0.1) is 0 Å². The van der Waals surface area contributed by atoms with Crippen LogP contribution in [-0.4, -0.2) is 48.6 Å². The lowest BCUT2D eigenvalue weighted by molar-refractivity contribution is 0.209. The van der Waals surface area contributed by atoms with Gasteiger partial charge in [-0.05, 0) is 33.0 Å². The number of likely N-dealkylation sites (N-methyl/N-ethyl adjacent to an activating group) is 2. The van der Waals surface area contributed by atoms with E-state index in [0.29, 0.717) is 0 Å². The van der Waals surface area contributed by atoms with Crippen molar-refractivity contribution in [1.29, 1.82) is 0 Å². The van der Waals surface area contributed by atoms with Crippen LogP contribution in [0.3, 0.4) is 0 Å². The molecule has 2 saturated heterocycles. The lowest BCUT2D eigenvalue weighted by Crippen LogP contribution is -2.37. The summed E-state index contributed by atoms with van der Waals surface area (Å²) in [4.78, 5) is 5.15. The Labute approximate surface area is 69.2 Å². The molecule has 0 radical (unpaired) electrons. The molecular formula is C9H18N2. The molecule has 2 atom stereocenters. The van der Waals surface area contributed by atoms with Crippen LogP contribution in [0.4, 0.5) is 0 Å². The third-order valence-corrected chi connectivity index (χ3v) is 3.35. The van der Waals surface area contributed by atoms with Gasteiger partial charge in [-0.2, -0.15) is 0 Å². The molecule has 2 bridgehead atoms. The number of likely N-dealkylation sites (tertiary alicyclic amines) is 2. The van der Waals surface area contributed by atoms with Crippen molar-refractivity contribution in [3.8, 4) is 0 Å². The van der Waals surface area contributed by atoms with Gasteiger partial charge < -0.3 is 4.90 Å². The highest BCUT2D eigenvalue weighted by molar-refractivity contribution is 4.93. The van der Waals surface area contributed by atoms with Crippen LogP contribution in [-0.2, 0) is 0 Å². The van der Waals surface area contributed by atoms with Gasteiger partial charge in [0.15, 0.2) is 0 Å². The summed E-state index contributed by atoms with van der Waals surface area (Å²) in [7, 11) is 2.26. The van der Waals surface area contributed by atoms with Gasteiger partial charge in [0.25, 0.3) is 0 Å². The second-order valence-corrected chi connectivity index (χ2v) is 3.90. The van der Waals surface area contributed by atoms with Crippen LogP contribution in [0.5, 0.6) is 0 Å². The Bertz CT molecular complexity index is 146. The van der Waals surface area contributed by atoms with E-state index in [0.717, 1.165) is 12.1 Å². The average molecular weight is 154 g/mol. The maximum Gasteiger partial charge on any atom is 0.0235 e. The zero-order chi connectivity index (χ0) is 7.84. The van der Waals surface area contributed by atoms with Gasteiger partial charge in [0.2, 0.25) is 0 Å². The number of nitrogens with zero attached hydrogens (tertiary/aromatic N) is 2. The highest BCUT2D eigenvalue weighted by Crippen LogP contribution is 2.28. The molecule has 0 aliphatic carbocycles. The van der Waals surface area contributed by atoms with Crippen molar-refractivity contribution in [2.75, 3.05) is 26.7 Å². The lowest BCUT2D eigenvalue weighted by atomic mass is 10.0. The molecule has 0 amide bonds. The summed E-state index contributed by atoms with van der Waals surface area (Å²) in [5.41, 5.74) is 0. The van der Waals surface area contributed by atoms with Crippen LogP contribution in [0.1, 0.15) is 19.8 Å². The SMILES string of the molecule is CCN1CC2CC1CCN2C. The highest BCUT2D eigenvalue weighted by Gasteiger charge is 2.36. The average Bonchev–Trinajstić information content (AvgIpc) is 2.37. The molecule has 2 rings (SSSR count). The van der Waals surface area contributed by atoms with Gasteiger partial charge in [-0.25, -0.2) is 0 Å². The molecular weight excluding hydrogens is 136 g/mol. The molecule has 2 fully saturated rings. The van der Waals surface area contributed by atoms with E-state index < -0.39 is 0 Å². The Balaban J connectivity index is 2.03. The van der Waals surface area contributed by atoms with E-state index in [1.807, 2.05) is 0 Å². The third-order valence-electron chi connectivity index (χ3n) is 3.35. The summed E-state index contributed by atoms with van der Waals surface area (Å²) < 4.78 is 0. The standard InChI is InChI=1S/C9H18N2/c1-3-11-7-9-6-8(11)4-5-10(9)2/h8-9H,3-7H2,1-2H3. The molecule has 2 aliphatic heterocycles. The zero-order valence-electron chi connectivity index (χ0n) is 7.58. The fourth-order valence-corrected chi connectivity index (χ4v) is 2.50. The van der Waals surface area contributed by atoms with Crippen molar-refractivity contribution >= 4 is 0 Å². The normalized spacial score (nSPS) is 39.8. The van der Waals surface area contributed by atoms with Crippen molar-refractivity contribution < 1.29 is 0 Å². The monoisotopic (exact) mass is 154 g/mol. The molecule has 2 aliphatic rings. The van der Waals surface area contributed by atoms with Gasteiger partial charge in [-0.1, -0.05) is 6.92 Å². The second kappa shape index (κ2) is 2.76. The van der Waals surface area contributed by atoms with Gasteiger partial charge in [-0.3, -0.25) is 4.90 Å². The Morgan fingerprint density at radius 2 is 2.18 bits per heavy atom. The molecule has 0 aromatic rings. The predicted molar refractivity (Wildman–Crippen MR) is 46.7 cm³/mol. The minimum atomic E-state index is 0.869. The lowest BCUT2D eigenvalue weighted by Gasteiger charge is -2.28. The van der Waals surface area contributed by atoms with Crippen molar-refractivity contribution in [3.05, 3.63) is 0 Å². The molecule has 2 nitrogen and oxygen atoms in total. The van der Waals surface area contributed by atoms with Crippen LogP contribution in [0.2, 0.25) is 0 Å². The van der Waals surface area contributed by atoms with E-state index in [4.69, 9.17) is 0 Å². The largest absolute Gasteiger partial charge is 0.302 e. The molecule has 0 aromatic carbocycles. The van der Waals surface area contributed by atoms with E-state index in [-0.39, 0.29) is 0 Å². The van der Waals surface area contributed by atoms with E-state index in [9.17, 15) is 0 Å². The zero-order valence-corrected chi connectivity index (χ0v) is 7.58. The topological polar surface area (TPSA) is 6.48 Å². The van der Waals surface area contributed by atoms with Gasteiger partial charge in [0.05, 0.1) is 0 Å². The fraction of sp³-hybridized carbons (Fsp3) is 1.00. The first-order valence-corrected chi connectivity index (χ1v) is 4.75. The molecule has 2 unspecified atom stereocenters. The summed E-state index contributed by atoms with van der Waals surface area (Å²) in [6.45, 7) is 6.15. The van der Waals surface area contributed by atoms with Gasteiger partial charge in [0, 0.05) is 18.6 Å². The molecule has 2 heterocycles. The summed E-state index contributed by atoms with van der Waals surface area (Å²) >= 11 is 0. The summed E-state index contributed by atoms with van der Waals surface area (Å²) in [6.07, 6.45) is 2.81. The predicted octanol–water partition coefficient (Wildman–Crippen LogP) is 0.785. The number of hydrogen-bond acceptors (Lipinski definition) is 2. The van der Waals surface area contributed by atoms with Crippen LogP contribution in [0.25, 0.3) is 0 Å². The first kappa shape index (κ1) is 7.56. The summed E-state index contributed by atoms with van der Waals surface area (Å²) in [5, 5.41) is 0. The maximum atomic E-state index is 2.63. The van der Waals surface area contributed by atoms with Crippen molar-refractivity contribution in [3.63, 3.8) is 0 Å². The van der Waals surface area contributed by atoms with Crippen molar-refractivity contribution in [2.24, 2.45) is 0 Å². The number of piperidine rings is 1. The van der Waals surface area contributed by atoms with Crippen LogP contribution >= 0.6 is 0 Å². The fourth-order valence-electron chi connectivity index (χ4n) is 2.50. The molecule has 0 aromatic heterocycles. The maximum absolute atomic E-state index is 2.63. The van der Waals surface area contributed by atoms with Crippen LogP contribution in [0, 0.1) is 0 Å². The van der Waals surface area contributed by atoms with Crippen molar-refractivity contribution in [1.82, 2.24) is 9.80 Å². The number of hydrogen-bond donors (Lipinski definition) is 0. The van der Waals surface area contributed by atoms with Crippen molar-refractivity contribution in [2.45, 2.75) is 31.8 Å². The smallest absolute Gasteiger partial charge is 0.0235 e. The van der Waals surface area contributed by atoms with E-state index in [1.165, 1.54) is 32.5 Å². The molecule has 0 saturated carbocycles. The van der Waals surface area contributed by atoms with E-state index in [1.54, 1.807) is 0 Å². The van der Waals surface area contributed by atoms with Crippen LogP contribution in [0.15, 0.2) is 0 Å². The Hall–Kier alpha value is -0.0800. The summed E-state index contributed by atoms with van der Waals surface area (Å²) in [6, 6.07) is 1.79. The van der Waals surface area contributed by atoms with Gasteiger partial charge >= 0.3 is 0 Å². The quantitative estimate of drug-likeness (QED) is 0.551. The molecule has 2 heteroatoms. The minimum absolute atomic E-state index is 0.869. The highest BCUT2D eigenvalue weighted by atomic mass is 15.3.